The largest absolute Gasteiger partial charge is 0.497 e. The molecule has 1 amide bonds. The maximum atomic E-state index is 12.0. The number of nitrogens with one attached hydrogen (secondary N) is 2. The molecule has 0 saturated heterocycles. The number of aromatic nitrogens is 2. The maximum absolute atomic E-state index is 12.0. The SMILES string of the molecule is COc1ccc(C(=O)N/N=C\c2nnc(Nc3ccc(Cl)cc3)s2)cc1. The Hall–Kier alpha value is -2.97. The van der Waals surface area contributed by atoms with Crippen molar-refractivity contribution in [1.82, 2.24) is 15.6 Å². The minimum atomic E-state index is -0.326. The molecule has 1 aromatic heterocycles. The zero-order valence-corrected chi connectivity index (χ0v) is 15.2. The number of anilines is 2. The van der Waals surface area contributed by atoms with Crippen LogP contribution in [0.2, 0.25) is 5.02 Å². The van der Waals surface area contributed by atoms with Gasteiger partial charge in [-0.2, -0.15) is 5.10 Å². The van der Waals surface area contributed by atoms with Crippen LogP contribution in [-0.2, 0) is 0 Å². The lowest BCUT2D eigenvalue weighted by atomic mass is 10.2. The highest BCUT2D eigenvalue weighted by Crippen LogP contribution is 2.21. The topological polar surface area (TPSA) is 88.5 Å². The van der Waals surface area contributed by atoms with Crippen molar-refractivity contribution in [3.8, 4) is 5.75 Å². The molecule has 2 N–H and O–H groups in total. The Morgan fingerprint density at radius 3 is 2.58 bits per heavy atom. The van der Waals surface area contributed by atoms with Gasteiger partial charge < -0.3 is 10.1 Å². The predicted octanol–water partition coefficient (Wildman–Crippen LogP) is 3.71. The molecule has 1 heterocycles. The average Bonchev–Trinajstić information content (AvgIpc) is 3.11. The van der Waals surface area contributed by atoms with Gasteiger partial charge in [0.1, 0.15) is 5.75 Å². The average molecular weight is 388 g/mol. The van der Waals surface area contributed by atoms with E-state index in [0.717, 1.165) is 5.69 Å². The first-order valence-corrected chi connectivity index (χ1v) is 8.67. The van der Waals surface area contributed by atoms with E-state index in [1.807, 2.05) is 12.1 Å². The van der Waals surface area contributed by atoms with Gasteiger partial charge in [-0.3, -0.25) is 4.79 Å². The molecule has 2 aromatic carbocycles. The van der Waals surface area contributed by atoms with Gasteiger partial charge in [0.05, 0.1) is 13.3 Å². The van der Waals surface area contributed by atoms with Crippen molar-refractivity contribution in [1.29, 1.82) is 0 Å². The van der Waals surface area contributed by atoms with E-state index in [9.17, 15) is 4.79 Å². The Kier molecular flexibility index (Phi) is 5.77. The van der Waals surface area contributed by atoms with Crippen LogP contribution in [0, 0.1) is 0 Å². The molecule has 0 unspecified atom stereocenters. The van der Waals surface area contributed by atoms with Gasteiger partial charge in [0.25, 0.3) is 5.91 Å². The number of ether oxygens (including phenoxy) is 1. The molecule has 3 aromatic rings. The zero-order chi connectivity index (χ0) is 18.4. The summed E-state index contributed by atoms with van der Waals surface area (Å²) in [5.74, 6) is 0.354. The Bertz CT molecular complexity index is 910. The van der Waals surface area contributed by atoms with Gasteiger partial charge in [0, 0.05) is 16.3 Å². The quantitative estimate of drug-likeness (QED) is 0.497. The Labute approximate surface area is 158 Å². The van der Waals surface area contributed by atoms with Gasteiger partial charge in [-0.15, -0.1) is 10.2 Å². The number of methoxy groups -OCH3 is 1. The van der Waals surface area contributed by atoms with E-state index in [1.165, 1.54) is 17.6 Å². The smallest absolute Gasteiger partial charge is 0.271 e. The van der Waals surface area contributed by atoms with Gasteiger partial charge in [-0.25, -0.2) is 5.43 Å². The summed E-state index contributed by atoms with van der Waals surface area (Å²) in [6.45, 7) is 0. The lowest BCUT2D eigenvalue weighted by molar-refractivity contribution is 0.0955. The highest BCUT2D eigenvalue weighted by Gasteiger charge is 2.05. The molecular formula is C17H14ClN5O2S. The van der Waals surface area contributed by atoms with E-state index in [0.29, 0.717) is 26.5 Å². The van der Waals surface area contributed by atoms with Gasteiger partial charge in [-0.05, 0) is 48.5 Å². The number of carbonyl (C=O) groups excluding carboxylic acids is 1. The molecule has 0 aliphatic heterocycles. The summed E-state index contributed by atoms with van der Waals surface area (Å²) in [6.07, 6.45) is 1.44. The molecule has 0 fully saturated rings. The summed E-state index contributed by atoms with van der Waals surface area (Å²) in [4.78, 5) is 12.0. The van der Waals surface area contributed by atoms with E-state index in [1.54, 1.807) is 43.5 Å². The Morgan fingerprint density at radius 1 is 1.15 bits per heavy atom. The third-order valence-corrected chi connectivity index (χ3v) is 4.25. The summed E-state index contributed by atoms with van der Waals surface area (Å²) >= 11 is 7.15. The second kappa shape index (κ2) is 8.41. The predicted molar refractivity (Wildman–Crippen MR) is 103 cm³/mol. The molecule has 132 valence electrons. The van der Waals surface area contributed by atoms with Crippen LogP contribution in [0.4, 0.5) is 10.8 Å². The number of rotatable bonds is 6. The standard InChI is InChI=1S/C17H14ClN5O2S/c1-25-14-8-2-11(3-9-14)16(24)22-19-10-15-21-23-17(26-15)20-13-6-4-12(18)5-7-13/h2-10H,1H3,(H,20,23)(H,22,24)/b19-10-. The minimum absolute atomic E-state index is 0.326. The highest BCUT2D eigenvalue weighted by atomic mass is 35.5. The summed E-state index contributed by atoms with van der Waals surface area (Å²) in [5, 5.41) is 16.8. The van der Waals surface area contributed by atoms with Crippen LogP contribution in [0.1, 0.15) is 15.4 Å². The first-order chi connectivity index (χ1) is 12.6. The van der Waals surface area contributed by atoms with Crippen molar-refractivity contribution in [2.75, 3.05) is 12.4 Å². The molecule has 0 saturated carbocycles. The van der Waals surface area contributed by atoms with Crippen LogP contribution in [0.3, 0.4) is 0 Å². The fourth-order valence-corrected chi connectivity index (χ4v) is 2.71. The van der Waals surface area contributed by atoms with Gasteiger partial charge in [0.2, 0.25) is 5.13 Å². The maximum Gasteiger partial charge on any atom is 0.271 e. The van der Waals surface area contributed by atoms with E-state index in [-0.39, 0.29) is 5.91 Å². The molecule has 9 heteroatoms. The molecule has 0 atom stereocenters. The molecule has 7 nitrogen and oxygen atoms in total. The lowest BCUT2D eigenvalue weighted by Gasteiger charge is -2.01. The second-order valence-electron chi connectivity index (χ2n) is 5.00. The lowest BCUT2D eigenvalue weighted by Crippen LogP contribution is -2.17. The number of amides is 1. The van der Waals surface area contributed by atoms with Crippen molar-refractivity contribution in [2.45, 2.75) is 0 Å². The summed E-state index contributed by atoms with van der Waals surface area (Å²) in [5.41, 5.74) is 3.77. The summed E-state index contributed by atoms with van der Waals surface area (Å²) < 4.78 is 5.05. The summed E-state index contributed by atoms with van der Waals surface area (Å²) in [6, 6.07) is 14.0. The Balaban J connectivity index is 1.56. The monoisotopic (exact) mass is 387 g/mol. The number of hydrazone groups is 1. The van der Waals surface area contributed by atoms with Crippen LogP contribution >= 0.6 is 22.9 Å². The fourth-order valence-electron chi connectivity index (χ4n) is 1.95. The third-order valence-electron chi connectivity index (χ3n) is 3.23. The van der Waals surface area contributed by atoms with Crippen molar-refractivity contribution < 1.29 is 9.53 Å². The van der Waals surface area contributed by atoms with Crippen molar-refractivity contribution in [2.24, 2.45) is 5.10 Å². The molecule has 0 bridgehead atoms. The van der Waals surface area contributed by atoms with Crippen molar-refractivity contribution in [3.05, 3.63) is 64.1 Å². The van der Waals surface area contributed by atoms with Crippen LogP contribution in [0.15, 0.2) is 53.6 Å². The van der Waals surface area contributed by atoms with Crippen molar-refractivity contribution >= 4 is 45.9 Å². The minimum Gasteiger partial charge on any atom is -0.497 e. The molecule has 0 aliphatic carbocycles. The summed E-state index contributed by atoms with van der Waals surface area (Å²) in [7, 11) is 1.57. The first kappa shape index (κ1) is 17.8. The van der Waals surface area contributed by atoms with Crippen LogP contribution in [0.5, 0.6) is 5.75 Å². The van der Waals surface area contributed by atoms with E-state index < -0.39 is 0 Å². The number of halogens is 1. The van der Waals surface area contributed by atoms with E-state index in [2.05, 4.69) is 26.0 Å². The highest BCUT2D eigenvalue weighted by molar-refractivity contribution is 7.16. The normalized spacial score (nSPS) is 10.7. The van der Waals surface area contributed by atoms with Gasteiger partial charge in [-0.1, -0.05) is 22.9 Å². The fraction of sp³-hybridized carbons (Fsp3) is 0.0588. The Morgan fingerprint density at radius 2 is 1.88 bits per heavy atom. The zero-order valence-electron chi connectivity index (χ0n) is 13.6. The molecule has 26 heavy (non-hydrogen) atoms. The number of carbonyl (C=O) groups is 1. The van der Waals surface area contributed by atoms with E-state index >= 15 is 0 Å². The number of hydrogen-bond donors (Lipinski definition) is 2. The molecule has 0 radical (unpaired) electrons. The molecule has 3 rings (SSSR count). The molecular weight excluding hydrogens is 374 g/mol. The van der Waals surface area contributed by atoms with Gasteiger partial charge >= 0.3 is 0 Å². The van der Waals surface area contributed by atoms with Crippen molar-refractivity contribution in [3.63, 3.8) is 0 Å². The molecule has 0 spiro atoms. The second-order valence-corrected chi connectivity index (χ2v) is 6.45. The van der Waals surface area contributed by atoms with Crippen LogP contribution < -0.4 is 15.5 Å². The number of hydrogen-bond acceptors (Lipinski definition) is 7. The van der Waals surface area contributed by atoms with Gasteiger partial charge in [0.15, 0.2) is 5.01 Å². The van der Waals surface area contributed by atoms with Crippen LogP contribution in [0.25, 0.3) is 0 Å². The number of nitrogens with zero attached hydrogens (tertiary/aromatic N) is 3. The molecule has 0 aliphatic rings. The first-order valence-electron chi connectivity index (χ1n) is 7.47. The third kappa shape index (κ3) is 4.78. The van der Waals surface area contributed by atoms with Crippen LogP contribution in [-0.4, -0.2) is 29.4 Å². The number of benzene rings is 2. The van der Waals surface area contributed by atoms with E-state index in [4.69, 9.17) is 16.3 Å².